The van der Waals surface area contributed by atoms with Crippen LogP contribution in [-0.4, -0.2) is 6.04 Å². The first-order valence-corrected chi connectivity index (χ1v) is 7.19. The van der Waals surface area contributed by atoms with Gasteiger partial charge in [0, 0.05) is 11.1 Å². The van der Waals surface area contributed by atoms with E-state index in [9.17, 15) is 0 Å². The lowest BCUT2D eigenvalue weighted by Gasteiger charge is -2.14. The van der Waals surface area contributed by atoms with Crippen LogP contribution in [0.4, 0.5) is 0 Å². The van der Waals surface area contributed by atoms with E-state index in [0.29, 0.717) is 21.5 Å². The van der Waals surface area contributed by atoms with Crippen molar-refractivity contribution >= 4 is 23.2 Å². The van der Waals surface area contributed by atoms with E-state index in [-0.39, 0.29) is 6.04 Å². The van der Waals surface area contributed by atoms with Crippen molar-refractivity contribution in [2.75, 3.05) is 0 Å². The van der Waals surface area contributed by atoms with Gasteiger partial charge in [0.25, 0.3) is 0 Å². The van der Waals surface area contributed by atoms with E-state index in [2.05, 4.69) is 0 Å². The minimum atomic E-state index is 0.0477. The van der Waals surface area contributed by atoms with Crippen molar-refractivity contribution in [2.45, 2.75) is 26.3 Å². The number of ether oxygens (including phenoxy) is 1. The molecule has 0 heterocycles. The Morgan fingerprint density at radius 3 is 2.55 bits per heavy atom. The van der Waals surface area contributed by atoms with Gasteiger partial charge in [0.1, 0.15) is 11.5 Å². The Morgan fingerprint density at radius 2 is 1.85 bits per heavy atom. The number of rotatable bonds is 4. The Balaban J connectivity index is 2.36. The fraction of sp³-hybridized carbons (Fsp3) is 0.250. The van der Waals surface area contributed by atoms with Crippen molar-refractivity contribution in [2.24, 2.45) is 5.73 Å². The Labute approximate surface area is 129 Å². The molecule has 2 rings (SSSR count). The molecule has 0 bridgehead atoms. The van der Waals surface area contributed by atoms with E-state index in [1.165, 1.54) is 0 Å². The lowest BCUT2D eigenvalue weighted by atomic mass is 10.1. The van der Waals surface area contributed by atoms with E-state index >= 15 is 0 Å². The summed E-state index contributed by atoms with van der Waals surface area (Å²) in [7, 11) is 0. The van der Waals surface area contributed by atoms with Gasteiger partial charge in [-0.1, -0.05) is 35.3 Å². The Hall–Kier alpha value is -1.22. The molecule has 2 aromatic rings. The molecule has 0 amide bonds. The van der Waals surface area contributed by atoms with Gasteiger partial charge in [0.2, 0.25) is 0 Å². The normalized spacial score (nSPS) is 12.2. The minimum Gasteiger partial charge on any atom is -0.455 e. The van der Waals surface area contributed by atoms with Gasteiger partial charge in [0.15, 0.2) is 0 Å². The van der Waals surface area contributed by atoms with Gasteiger partial charge >= 0.3 is 0 Å². The highest BCUT2D eigenvalue weighted by molar-refractivity contribution is 6.32. The first-order chi connectivity index (χ1) is 9.45. The van der Waals surface area contributed by atoms with Crippen LogP contribution < -0.4 is 10.5 Å². The summed E-state index contributed by atoms with van der Waals surface area (Å²) in [4.78, 5) is 0. The van der Waals surface area contributed by atoms with Crippen molar-refractivity contribution < 1.29 is 4.74 Å². The number of nitrogens with two attached hydrogens (primary N) is 1. The SMILES string of the molecule is Cc1ccc(Cl)c(Oc2cc(Cl)ccc2CC(C)N)c1. The molecule has 2 aromatic carbocycles. The Kier molecular flexibility index (Phi) is 4.92. The molecule has 4 heteroatoms. The summed E-state index contributed by atoms with van der Waals surface area (Å²) in [6.07, 6.45) is 0.718. The summed E-state index contributed by atoms with van der Waals surface area (Å²) in [5.41, 5.74) is 7.96. The summed E-state index contributed by atoms with van der Waals surface area (Å²) in [6, 6.07) is 11.3. The summed E-state index contributed by atoms with van der Waals surface area (Å²) in [5.74, 6) is 1.32. The fourth-order valence-electron chi connectivity index (χ4n) is 1.95. The molecule has 0 spiro atoms. The third kappa shape index (κ3) is 3.89. The summed E-state index contributed by atoms with van der Waals surface area (Å²) in [6.45, 7) is 3.95. The van der Waals surface area contributed by atoms with Crippen LogP contribution in [0.15, 0.2) is 36.4 Å². The summed E-state index contributed by atoms with van der Waals surface area (Å²) < 4.78 is 5.93. The zero-order valence-electron chi connectivity index (χ0n) is 11.5. The molecule has 2 N–H and O–H groups in total. The molecular formula is C16H17Cl2NO. The summed E-state index contributed by atoms with van der Waals surface area (Å²) >= 11 is 12.2. The van der Waals surface area contributed by atoms with Crippen LogP contribution in [0.2, 0.25) is 10.0 Å². The van der Waals surface area contributed by atoms with Crippen molar-refractivity contribution in [3.8, 4) is 11.5 Å². The number of hydrogen-bond donors (Lipinski definition) is 1. The van der Waals surface area contributed by atoms with Crippen molar-refractivity contribution in [3.05, 3.63) is 57.6 Å². The second kappa shape index (κ2) is 6.49. The molecule has 20 heavy (non-hydrogen) atoms. The molecule has 0 aliphatic carbocycles. The van der Waals surface area contributed by atoms with Crippen LogP contribution in [0.5, 0.6) is 11.5 Å². The fourth-order valence-corrected chi connectivity index (χ4v) is 2.26. The topological polar surface area (TPSA) is 35.2 Å². The highest BCUT2D eigenvalue weighted by Gasteiger charge is 2.10. The number of aryl methyl sites for hydroxylation is 1. The average Bonchev–Trinajstić information content (AvgIpc) is 2.37. The maximum Gasteiger partial charge on any atom is 0.146 e. The highest BCUT2D eigenvalue weighted by atomic mass is 35.5. The molecule has 0 aliphatic heterocycles. The van der Waals surface area contributed by atoms with Crippen molar-refractivity contribution in [3.63, 3.8) is 0 Å². The molecule has 0 aliphatic rings. The predicted octanol–water partition coefficient (Wildman–Crippen LogP) is 4.98. The van der Waals surface area contributed by atoms with E-state index in [4.69, 9.17) is 33.7 Å². The molecular weight excluding hydrogens is 293 g/mol. The quantitative estimate of drug-likeness (QED) is 0.864. The highest BCUT2D eigenvalue weighted by Crippen LogP contribution is 2.33. The molecule has 1 unspecified atom stereocenters. The Bertz CT molecular complexity index is 611. The van der Waals surface area contributed by atoms with Crippen molar-refractivity contribution in [1.82, 2.24) is 0 Å². The number of benzene rings is 2. The smallest absolute Gasteiger partial charge is 0.146 e. The number of hydrogen-bond acceptors (Lipinski definition) is 2. The van der Waals surface area contributed by atoms with Gasteiger partial charge < -0.3 is 10.5 Å². The predicted molar refractivity (Wildman–Crippen MR) is 85.1 cm³/mol. The van der Waals surface area contributed by atoms with Crippen LogP contribution in [0.3, 0.4) is 0 Å². The van der Waals surface area contributed by atoms with Crippen LogP contribution in [0.1, 0.15) is 18.1 Å². The zero-order chi connectivity index (χ0) is 14.7. The van der Waals surface area contributed by atoms with Gasteiger partial charge in [-0.25, -0.2) is 0 Å². The lowest BCUT2D eigenvalue weighted by Crippen LogP contribution is -2.18. The lowest BCUT2D eigenvalue weighted by molar-refractivity contribution is 0.474. The molecule has 0 saturated carbocycles. The molecule has 0 radical (unpaired) electrons. The first kappa shape index (κ1) is 15.2. The molecule has 1 atom stereocenters. The van der Waals surface area contributed by atoms with E-state index < -0.39 is 0 Å². The van der Waals surface area contributed by atoms with Gasteiger partial charge in [-0.2, -0.15) is 0 Å². The van der Waals surface area contributed by atoms with Crippen molar-refractivity contribution in [1.29, 1.82) is 0 Å². The molecule has 0 saturated heterocycles. The van der Waals surface area contributed by atoms with Crippen LogP contribution in [0, 0.1) is 6.92 Å². The van der Waals surface area contributed by atoms with Gasteiger partial charge in [-0.3, -0.25) is 0 Å². The third-order valence-corrected chi connectivity index (χ3v) is 3.43. The van der Waals surface area contributed by atoms with E-state index in [1.54, 1.807) is 6.07 Å². The number of halogens is 2. The monoisotopic (exact) mass is 309 g/mol. The molecule has 0 aromatic heterocycles. The van der Waals surface area contributed by atoms with Gasteiger partial charge in [-0.15, -0.1) is 0 Å². The van der Waals surface area contributed by atoms with Crippen LogP contribution >= 0.6 is 23.2 Å². The molecule has 0 fully saturated rings. The standard InChI is InChI=1S/C16H17Cl2NO/c1-10-3-6-14(18)16(7-10)20-15-9-13(17)5-4-12(15)8-11(2)19/h3-7,9,11H,8,19H2,1-2H3. The average molecular weight is 310 g/mol. The van der Waals surface area contributed by atoms with E-state index in [0.717, 1.165) is 17.5 Å². The third-order valence-electron chi connectivity index (χ3n) is 2.88. The van der Waals surface area contributed by atoms with Gasteiger partial charge in [-0.05, 0) is 55.7 Å². The summed E-state index contributed by atoms with van der Waals surface area (Å²) in [5, 5.41) is 1.19. The van der Waals surface area contributed by atoms with Crippen LogP contribution in [-0.2, 0) is 6.42 Å². The maximum absolute atomic E-state index is 6.16. The van der Waals surface area contributed by atoms with E-state index in [1.807, 2.05) is 44.2 Å². The Morgan fingerprint density at radius 1 is 1.10 bits per heavy atom. The second-order valence-corrected chi connectivity index (χ2v) is 5.81. The maximum atomic E-state index is 6.16. The largest absolute Gasteiger partial charge is 0.455 e. The minimum absolute atomic E-state index is 0.0477. The first-order valence-electron chi connectivity index (χ1n) is 6.43. The van der Waals surface area contributed by atoms with Crippen LogP contribution in [0.25, 0.3) is 0 Å². The molecule has 2 nitrogen and oxygen atoms in total. The second-order valence-electron chi connectivity index (χ2n) is 4.97. The zero-order valence-corrected chi connectivity index (χ0v) is 13.0. The van der Waals surface area contributed by atoms with Gasteiger partial charge in [0.05, 0.1) is 5.02 Å². The molecule has 106 valence electrons.